The molecule has 1 atom stereocenters. The van der Waals surface area contributed by atoms with Gasteiger partial charge >= 0.3 is 5.69 Å². The minimum atomic E-state index is -0.504. The molecule has 2 heterocycles. The second kappa shape index (κ2) is 7.21. The molecule has 0 aliphatic rings. The van der Waals surface area contributed by atoms with Crippen LogP contribution in [0.4, 0.5) is 0 Å². The maximum atomic E-state index is 12.4. The van der Waals surface area contributed by atoms with Gasteiger partial charge in [0.05, 0.1) is 6.04 Å². The van der Waals surface area contributed by atoms with Gasteiger partial charge in [0.15, 0.2) is 0 Å². The molecule has 0 saturated carbocycles. The van der Waals surface area contributed by atoms with Gasteiger partial charge in [-0.3, -0.25) is 4.79 Å². The van der Waals surface area contributed by atoms with Crippen molar-refractivity contribution in [2.75, 3.05) is 0 Å². The van der Waals surface area contributed by atoms with E-state index in [0.717, 1.165) is 5.69 Å². The number of H-pyrrole nitrogens is 2. The first-order valence-corrected chi connectivity index (χ1v) is 7.81. The molecule has 0 saturated heterocycles. The van der Waals surface area contributed by atoms with Gasteiger partial charge in [0.1, 0.15) is 11.5 Å². The molecule has 0 bridgehead atoms. The molecule has 0 radical (unpaired) electrons. The first kappa shape index (κ1) is 16.9. The molecule has 2 aromatic rings. The first-order chi connectivity index (χ1) is 10.9. The predicted molar refractivity (Wildman–Crippen MR) is 87.2 cm³/mol. The summed E-state index contributed by atoms with van der Waals surface area (Å²) in [4.78, 5) is 37.9. The van der Waals surface area contributed by atoms with Crippen LogP contribution in [0.3, 0.4) is 0 Å². The van der Waals surface area contributed by atoms with Crippen LogP contribution < -0.4 is 11.0 Å². The summed E-state index contributed by atoms with van der Waals surface area (Å²) in [5.74, 6) is 0.700. The van der Waals surface area contributed by atoms with Crippen LogP contribution in [0, 0.1) is 12.8 Å². The average Bonchev–Trinajstić information content (AvgIpc) is 2.89. The van der Waals surface area contributed by atoms with Crippen LogP contribution in [-0.2, 0) is 6.42 Å². The van der Waals surface area contributed by atoms with Gasteiger partial charge in [-0.2, -0.15) is 4.98 Å². The van der Waals surface area contributed by atoms with Crippen molar-refractivity contribution >= 4 is 5.91 Å². The molecule has 2 aromatic heterocycles. The van der Waals surface area contributed by atoms with Crippen molar-refractivity contribution in [3.05, 3.63) is 45.7 Å². The molecule has 0 aliphatic carbocycles. The van der Waals surface area contributed by atoms with Crippen LogP contribution in [0.25, 0.3) is 0 Å². The van der Waals surface area contributed by atoms with Crippen molar-refractivity contribution in [3.63, 3.8) is 0 Å². The van der Waals surface area contributed by atoms with Gasteiger partial charge in [-0.25, -0.2) is 9.78 Å². The Balaban J connectivity index is 2.19. The highest BCUT2D eigenvalue weighted by Gasteiger charge is 2.18. The standard InChI is InChI=1S/C16H23N5O2/c1-5-12(14-17-8-10(4)18-14)20-15(22)13-7-11(6-9(2)3)19-16(23)21-13/h7-9,12H,5-6H2,1-4H3,(H,17,18)(H,20,22)(H,19,21,23). The first-order valence-electron chi connectivity index (χ1n) is 7.81. The Hall–Kier alpha value is -2.44. The lowest BCUT2D eigenvalue weighted by Crippen LogP contribution is -2.31. The fourth-order valence-corrected chi connectivity index (χ4v) is 2.38. The van der Waals surface area contributed by atoms with Crippen molar-refractivity contribution in [1.29, 1.82) is 0 Å². The summed E-state index contributed by atoms with van der Waals surface area (Å²) in [6, 6.07) is 1.39. The molecule has 0 aliphatic heterocycles. The Morgan fingerprint density at radius 3 is 2.65 bits per heavy atom. The number of nitrogens with one attached hydrogen (secondary N) is 3. The zero-order valence-electron chi connectivity index (χ0n) is 13.9. The highest BCUT2D eigenvalue weighted by atomic mass is 16.2. The second-order valence-electron chi connectivity index (χ2n) is 6.08. The maximum Gasteiger partial charge on any atom is 0.345 e. The second-order valence-corrected chi connectivity index (χ2v) is 6.08. The molecule has 7 nitrogen and oxygen atoms in total. The van der Waals surface area contributed by atoms with Gasteiger partial charge < -0.3 is 15.3 Å². The number of amides is 1. The van der Waals surface area contributed by atoms with E-state index in [2.05, 4.69) is 25.3 Å². The zero-order valence-corrected chi connectivity index (χ0v) is 13.9. The molecule has 124 valence electrons. The highest BCUT2D eigenvalue weighted by molar-refractivity contribution is 5.92. The fraction of sp³-hybridized carbons (Fsp3) is 0.500. The van der Waals surface area contributed by atoms with Crippen molar-refractivity contribution in [2.45, 2.75) is 46.6 Å². The molecule has 0 fully saturated rings. The van der Waals surface area contributed by atoms with Crippen molar-refractivity contribution < 1.29 is 4.79 Å². The largest absolute Gasteiger partial charge is 0.345 e. The van der Waals surface area contributed by atoms with E-state index in [9.17, 15) is 9.59 Å². The smallest absolute Gasteiger partial charge is 0.344 e. The van der Waals surface area contributed by atoms with Crippen molar-refractivity contribution in [1.82, 2.24) is 25.3 Å². The number of carbonyl (C=O) groups excluding carboxylic acids is 1. The van der Waals surface area contributed by atoms with Crippen LogP contribution in [-0.4, -0.2) is 25.8 Å². The zero-order chi connectivity index (χ0) is 17.0. The molecular formula is C16H23N5O2. The van der Waals surface area contributed by atoms with E-state index in [1.807, 2.05) is 27.7 Å². The Morgan fingerprint density at radius 2 is 2.09 bits per heavy atom. The maximum absolute atomic E-state index is 12.4. The summed E-state index contributed by atoms with van der Waals surface area (Å²) in [5.41, 5.74) is 1.27. The van der Waals surface area contributed by atoms with Crippen molar-refractivity contribution in [3.8, 4) is 0 Å². The normalized spacial score (nSPS) is 12.4. The number of nitrogens with zero attached hydrogens (tertiary/aromatic N) is 2. The Morgan fingerprint density at radius 1 is 1.35 bits per heavy atom. The number of hydrogen-bond donors (Lipinski definition) is 3. The third kappa shape index (κ3) is 4.51. The lowest BCUT2D eigenvalue weighted by atomic mass is 10.1. The molecule has 1 unspecified atom stereocenters. The number of rotatable bonds is 6. The number of imidazole rings is 1. The van der Waals surface area contributed by atoms with Gasteiger partial charge in [0, 0.05) is 17.6 Å². The Bertz CT molecular complexity index is 732. The summed E-state index contributed by atoms with van der Waals surface area (Å²) in [6.07, 6.45) is 3.09. The van der Waals surface area contributed by atoms with Gasteiger partial charge in [0.2, 0.25) is 0 Å². The molecule has 23 heavy (non-hydrogen) atoms. The predicted octanol–water partition coefficient (Wildman–Crippen LogP) is 1.88. The molecule has 0 spiro atoms. The fourth-order valence-electron chi connectivity index (χ4n) is 2.38. The number of carbonyl (C=O) groups is 1. The monoisotopic (exact) mass is 317 g/mol. The Kier molecular flexibility index (Phi) is 5.31. The molecule has 0 aromatic carbocycles. The highest BCUT2D eigenvalue weighted by Crippen LogP contribution is 2.14. The van der Waals surface area contributed by atoms with Crippen LogP contribution >= 0.6 is 0 Å². The van der Waals surface area contributed by atoms with Crippen molar-refractivity contribution in [2.24, 2.45) is 5.92 Å². The molecular weight excluding hydrogens is 294 g/mol. The minimum Gasteiger partial charge on any atom is -0.344 e. The van der Waals surface area contributed by atoms with Crippen LogP contribution in [0.15, 0.2) is 17.1 Å². The molecule has 3 N–H and O–H groups in total. The summed E-state index contributed by atoms with van der Waals surface area (Å²) in [5, 5.41) is 2.87. The molecule has 7 heteroatoms. The topological polar surface area (TPSA) is 104 Å². The van der Waals surface area contributed by atoms with E-state index in [4.69, 9.17) is 0 Å². The molecule has 1 amide bonds. The van der Waals surface area contributed by atoms with E-state index in [-0.39, 0.29) is 17.6 Å². The number of aryl methyl sites for hydroxylation is 1. The van der Waals surface area contributed by atoms with E-state index < -0.39 is 5.69 Å². The summed E-state index contributed by atoms with van der Waals surface area (Å²) in [6.45, 7) is 7.95. The van der Waals surface area contributed by atoms with Gasteiger partial charge in [-0.15, -0.1) is 0 Å². The molecule has 2 rings (SSSR count). The van der Waals surface area contributed by atoms with E-state index in [1.54, 1.807) is 12.3 Å². The number of hydrogen-bond acceptors (Lipinski definition) is 4. The van der Waals surface area contributed by atoms with E-state index in [0.29, 0.717) is 30.3 Å². The van der Waals surface area contributed by atoms with Crippen LogP contribution in [0.1, 0.15) is 60.9 Å². The Labute approximate surface area is 135 Å². The average molecular weight is 317 g/mol. The lowest BCUT2D eigenvalue weighted by molar-refractivity contribution is 0.0928. The minimum absolute atomic E-state index is 0.131. The van der Waals surface area contributed by atoms with Crippen LogP contribution in [0.5, 0.6) is 0 Å². The third-order valence-corrected chi connectivity index (χ3v) is 3.43. The summed E-state index contributed by atoms with van der Waals surface area (Å²) < 4.78 is 0. The summed E-state index contributed by atoms with van der Waals surface area (Å²) >= 11 is 0. The number of aromatic amines is 2. The number of aromatic nitrogens is 4. The van der Waals surface area contributed by atoms with Crippen LogP contribution in [0.2, 0.25) is 0 Å². The quantitative estimate of drug-likeness (QED) is 0.756. The van der Waals surface area contributed by atoms with Gasteiger partial charge in [-0.1, -0.05) is 20.8 Å². The van der Waals surface area contributed by atoms with Gasteiger partial charge in [-0.05, 0) is 31.7 Å². The SMILES string of the molecule is CCC(NC(=O)c1cc(CC(C)C)[nH]c(=O)n1)c1ncc(C)[nH]1. The summed E-state index contributed by atoms with van der Waals surface area (Å²) in [7, 11) is 0. The van der Waals surface area contributed by atoms with E-state index in [1.165, 1.54) is 0 Å². The third-order valence-electron chi connectivity index (χ3n) is 3.43. The van der Waals surface area contributed by atoms with E-state index >= 15 is 0 Å². The van der Waals surface area contributed by atoms with Gasteiger partial charge in [0.25, 0.3) is 5.91 Å². The lowest BCUT2D eigenvalue weighted by Gasteiger charge is -2.14.